The van der Waals surface area contributed by atoms with Gasteiger partial charge in [-0.2, -0.15) is 0 Å². The molecule has 0 spiro atoms. The Morgan fingerprint density at radius 3 is 2.08 bits per heavy atom. The molecule has 0 aliphatic carbocycles. The second-order valence-electron chi connectivity index (χ2n) is 8.01. The molecule has 1 saturated heterocycles. The molecule has 4 rings (SSSR count). The van der Waals surface area contributed by atoms with E-state index in [0.29, 0.717) is 16.7 Å². The van der Waals surface area contributed by atoms with Gasteiger partial charge in [0.15, 0.2) is 0 Å². The second kappa shape index (κ2) is 12.1. The van der Waals surface area contributed by atoms with Crippen LogP contribution in [0.3, 0.4) is 0 Å². The summed E-state index contributed by atoms with van der Waals surface area (Å²) in [7, 11) is 1.38. The highest BCUT2D eigenvalue weighted by Crippen LogP contribution is 2.31. The van der Waals surface area contributed by atoms with Crippen molar-refractivity contribution in [3.8, 4) is 0 Å². The highest BCUT2D eigenvalue weighted by atomic mass is 16.6. The van der Waals surface area contributed by atoms with Crippen molar-refractivity contribution in [3.63, 3.8) is 0 Å². The fourth-order valence-electron chi connectivity index (χ4n) is 3.79. The molecule has 0 amide bonds. The fourth-order valence-corrected chi connectivity index (χ4v) is 3.79. The Labute approximate surface area is 208 Å². The smallest absolute Gasteiger partial charge is 0.338 e. The van der Waals surface area contributed by atoms with Crippen LogP contribution in [0.5, 0.6) is 0 Å². The second-order valence-corrected chi connectivity index (χ2v) is 8.01. The van der Waals surface area contributed by atoms with Gasteiger partial charge < -0.3 is 14.2 Å². The van der Waals surface area contributed by atoms with Crippen LogP contribution in [0.4, 0.5) is 0 Å². The van der Waals surface area contributed by atoms with Crippen LogP contribution in [-0.4, -0.2) is 39.9 Å². The van der Waals surface area contributed by atoms with Crippen LogP contribution >= 0.6 is 0 Å². The highest BCUT2D eigenvalue weighted by molar-refractivity contribution is 5.90. The van der Waals surface area contributed by atoms with Crippen LogP contribution < -0.4 is 11.2 Å². The number of ether oxygens (including phenoxy) is 3. The van der Waals surface area contributed by atoms with E-state index in [1.54, 1.807) is 67.6 Å². The Kier molecular flexibility index (Phi) is 8.97. The summed E-state index contributed by atoms with van der Waals surface area (Å²) in [6, 6.07) is 16.9. The molecule has 9 heteroatoms. The molecular formula is C27H30N2O7. The van der Waals surface area contributed by atoms with E-state index in [2.05, 4.69) is 0 Å². The summed E-state index contributed by atoms with van der Waals surface area (Å²) < 4.78 is 19.4. The van der Waals surface area contributed by atoms with E-state index in [-0.39, 0.29) is 13.0 Å². The molecule has 0 N–H and O–H groups in total. The topological polar surface area (TPSA) is 106 Å². The normalized spacial score (nSPS) is 18.6. The van der Waals surface area contributed by atoms with E-state index in [4.69, 9.17) is 14.2 Å². The molecule has 1 aliphatic heterocycles. The zero-order valence-corrected chi connectivity index (χ0v) is 20.7. The monoisotopic (exact) mass is 494 g/mol. The zero-order chi connectivity index (χ0) is 26.2. The van der Waals surface area contributed by atoms with Gasteiger partial charge in [-0.05, 0) is 31.2 Å². The number of aryl methyl sites for hydroxylation is 1. The van der Waals surface area contributed by atoms with Gasteiger partial charge in [-0.15, -0.1) is 0 Å². The van der Waals surface area contributed by atoms with E-state index in [0.717, 1.165) is 4.57 Å². The van der Waals surface area contributed by atoms with Gasteiger partial charge in [0.2, 0.25) is 0 Å². The maximum atomic E-state index is 12.7. The minimum absolute atomic E-state index is 0.143. The van der Waals surface area contributed by atoms with Crippen molar-refractivity contribution in [1.29, 1.82) is 0 Å². The van der Waals surface area contributed by atoms with Gasteiger partial charge in [-0.3, -0.25) is 13.9 Å². The molecule has 1 aromatic heterocycles. The minimum atomic E-state index is -0.813. The molecule has 0 unspecified atom stereocenters. The summed E-state index contributed by atoms with van der Waals surface area (Å²) >= 11 is 0. The number of carbonyl (C=O) groups excluding carboxylic acids is 2. The lowest BCUT2D eigenvalue weighted by molar-refractivity contribution is -0.0585. The number of hydrogen-bond acceptors (Lipinski definition) is 7. The van der Waals surface area contributed by atoms with Crippen LogP contribution in [0, 0.1) is 6.92 Å². The number of aromatic nitrogens is 2. The van der Waals surface area contributed by atoms with Gasteiger partial charge in [0.1, 0.15) is 25.0 Å². The number of nitrogens with zero attached hydrogens (tertiary/aromatic N) is 2. The van der Waals surface area contributed by atoms with E-state index in [9.17, 15) is 19.2 Å². The van der Waals surface area contributed by atoms with E-state index < -0.39 is 41.6 Å². The summed E-state index contributed by atoms with van der Waals surface area (Å²) in [5.74, 6) is -1.10. The average molecular weight is 495 g/mol. The van der Waals surface area contributed by atoms with Gasteiger partial charge in [-0.25, -0.2) is 14.4 Å². The Balaban J connectivity index is 0.00000176. The van der Waals surface area contributed by atoms with E-state index in [1.807, 2.05) is 13.8 Å². The molecule has 0 bridgehead atoms. The third-order valence-corrected chi connectivity index (χ3v) is 5.63. The van der Waals surface area contributed by atoms with E-state index >= 15 is 0 Å². The van der Waals surface area contributed by atoms with Crippen molar-refractivity contribution >= 4 is 11.9 Å². The molecule has 3 atom stereocenters. The average Bonchev–Trinajstić information content (AvgIpc) is 3.32. The first-order valence-corrected chi connectivity index (χ1v) is 11.8. The van der Waals surface area contributed by atoms with Crippen LogP contribution in [-0.2, 0) is 21.3 Å². The highest BCUT2D eigenvalue weighted by Gasteiger charge is 2.40. The van der Waals surface area contributed by atoms with Gasteiger partial charge in [0.05, 0.1) is 11.1 Å². The Morgan fingerprint density at radius 2 is 1.50 bits per heavy atom. The lowest BCUT2D eigenvalue weighted by Gasteiger charge is -2.19. The molecule has 2 heterocycles. The number of esters is 2. The fraction of sp³-hybridized carbons (Fsp3) is 0.333. The van der Waals surface area contributed by atoms with Crippen LogP contribution in [0.2, 0.25) is 0 Å². The van der Waals surface area contributed by atoms with Crippen LogP contribution in [0.25, 0.3) is 0 Å². The predicted octanol–water partition coefficient (Wildman–Crippen LogP) is 3.25. The first-order chi connectivity index (χ1) is 17.3. The number of hydrogen-bond donors (Lipinski definition) is 0. The number of carbonyl (C=O) groups is 2. The minimum Gasteiger partial charge on any atom is -0.459 e. The Morgan fingerprint density at radius 1 is 0.944 bits per heavy atom. The third-order valence-electron chi connectivity index (χ3n) is 5.63. The van der Waals surface area contributed by atoms with Gasteiger partial charge in [0, 0.05) is 25.2 Å². The largest absolute Gasteiger partial charge is 0.459 e. The number of rotatable bonds is 6. The molecule has 0 radical (unpaired) electrons. The van der Waals surface area contributed by atoms with Crippen LogP contribution in [0.1, 0.15) is 52.8 Å². The molecule has 0 saturated carbocycles. The van der Waals surface area contributed by atoms with Crippen molar-refractivity contribution in [2.45, 2.75) is 45.6 Å². The Hall–Kier alpha value is -3.98. The molecular weight excluding hydrogens is 464 g/mol. The third kappa shape index (κ3) is 5.98. The van der Waals surface area contributed by atoms with Crippen molar-refractivity contribution in [2.75, 3.05) is 6.61 Å². The maximum Gasteiger partial charge on any atom is 0.338 e. The molecule has 36 heavy (non-hydrogen) atoms. The lowest BCUT2D eigenvalue weighted by Crippen LogP contribution is -2.40. The molecule has 1 aliphatic rings. The first kappa shape index (κ1) is 26.6. The van der Waals surface area contributed by atoms with Crippen molar-refractivity contribution in [2.24, 2.45) is 7.05 Å². The zero-order valence-electron chi connectivity index (χ0n) is 20.7. The standard InChI is InChI=1S/C25H24N2O7.C2H6/c1-16-14-27(25(31)26(2)22(16)28)21-13-19(34-24(30)18-11-7-4-8-12-18)20(33-21)15-32-23(29)17-9-5-3-6-10-17;1-2/h3-12,14,19-21H,13,15H2,1-2H3;1-2H3/t19-,20-,21-;/m0./s1. The van der Waals surface area contributed by atoms with Gasteiger partial charge in [-0.1, -0.05) is 50.2 Å². The SMILES string of the molecule is CC.Cc1cn([C@@H]2C[C@H](OC(=O)c3ccccc3)[C@H](COC(=O)c3ccccc3)O2)c(=O)n(C)c1=O. The summed E-state index contributed by atoms with van der Waals surface area (Å²) in [5, 5.41) is 0. The first-order valence-electron chi connectivity index (χ1n) is 11.8. The number of benzene rings is 2. The quantitative estimate of drug-likeness (QED) is 0.484. The summed E-state index contributed by atoms with van der Waals surface area (Å²) in [6.07, 6.45) is -0.847. The summed E-state index contributed by atoms with van der Waals surface area (Å²) in [4.78, 5) is 49.8. The summed E-state index contributed by atoms with van der Waals surface area (Å²) in [6.45, 7) is 5.41. The van der Waals surface area contributed by atoms with Gasteiger partial charge in [0.25, 0.3) is 5.56 Å². The van der Waals surface area contributed by atoms with E-state index in [1.165, 1.54) is 17.8 Å². The molecule has 190 valence electrons. The predicted molar refractivity (Wildman–Crippen MR) is 133 cm³/mol. The van der Waals surface area contributed by atoms with Crippen molar-refractivity contribution in [3.05, 3.63) is 104 Å². The molecule has 3 aromatic rings. The summed E-state index contributed by atoms with van der Waals surface area (Å²) in [5.41, 5.74) is 0.138. The van der Waals surface area contributed by atoms with Gasteiger partial charge >= 0.3 is 17.6 Å². The Bertz CT molecular complexity index is 1300. The van der Waals surface area contributed by atoms with Crippen molar-refractivity contribution < 1.29 is 23.8 Å². The van der Waals surface area contributed by atoms with Crippen molar-refractivity contribution in [1.82, 2.24) is 9.13 Å². The lowest BCUT2D eigenvalue weighted by atomic mass is 10.1. The maximum absolute atomic E-state index is 12.7. The van der Waals surface area contributed by atoms with Crippen LogP contribution in [0.15, 0.2) is 76.4 Å². The molecule has 9 nitrogen and oxygen atoms in total. The molecule has 1 fully saturated rings. The molecule has 2 aromatic carbocycles.